The van der Waals surface area contributed by atoms with Crippen LogP contribution in [0.15, 0.2) is 84.9 Å². The summed E-state index contributed by atoms with van der Waals surface area (Å²) in [7, 11) is 0. The van der Waals surface area contributed by atoms with E-state index in [-0.39, 0.29) is 29.0 Å². The molecule has 0 nitrogen and oxygen atoms in total. The molecule has 0 saturated carbocycles. The van der Waals surface area contributed by atoms with Gasteiger partial charge in [-0.25, -0.2) is 0 Å². The van der Waals surface area contributed by atoms with E-state index in [1.54, 1.807) is 0 Å². The Balaban J connectivity index is 1.58. The summed E-state index contributed by atoms with van der Waals surface area (Å²) in [5.41, 5.74) is 16.9. The van der Waals surface area contributed by atoms with Crippen molar-refractivity contribution in [3.8, 4) is 22.3 Å². The van der Waals surface area contributed by atoms with Crippen LogP contribution in [-0.2, 0) is 36.7 Å². The van der Waals surface area contributed by atoms with Crippen molar-refractivity contribution in [1.82, 2.24) is 0 Å². The fraction of sp³-hybridized carbons (Fsp3) is 0.463. The molecule has 4 aromatic rings. The zero-order chi connectivity index (χ0) is 41.1. The van der Waals surface area contributed by atoms with Crippen LogP contribution in [0.3, 0.4) is 0 Å². The van der Waals surface area contributed by atoms with E-state index in [4.69, 9.17) is 4.26 Å². The van der Waals surface area contributed by atoms with Crippen molar-refractivity contribution in [3.63, 3.8) is 0 Å². The van der Waals surface area contributed by atoms with Crippen molar-refractivity contribution in [2.45, 2.75) is 144 Å². The van der Waals surface area contributed by atoms with Gasteiger partial charge in [0.2, 0.25) is 0 Å². The van der Waals surface area contributed by atoms with Crippen LogP contribution in [0.1, 0.15) is 149 Å². The Morgan fingerprint density at radius 1 is 0.509 bits per heavy atom. The SMILES string of the molecule is [CH2]=[Hf]([CH3])([CH3])([CH3])([CH2]C(C)C)([CH]1C=Cc2c(-c3cc(C(C)(C)C)cc(C(C)(C)C)c3)cccc21)[CH]1C=Cc2c(-c3cc(C(C)(C)C)cc(C(C)(C)C)c3)cccc21. The molecule has 0 fully saturated rings. The third kappa shape index (κ3) is 7.17. The normalized spacial score (nSPS) is 19.5. The quantitative estimate of drug-likeness (QED) is 0.169. The van der Waals surface area contributed by atoms with Gasteiger partial charge in [0.1, 0.15) is 0 Å². The van der Waals surface area contributed by atoms with Crippen molar-refractivity contribution < 1.29 is 15.1 Å². The van der Waals surface area contributed by atoms with Crippen molar-refractivity contribution in [1.29, 1.82) is 0 Å². The molecule has 2 atom stereocenters. The summed E-state index contributed by atoms with van der Waals surface area (Å²) in [6.07, 6.45) is 10.2. The van der Waals surface area contributed by atoms with Crippen LogP contribution in [-0.4, -0.2) is 4.26 Å². The molecule has 0 aromatic heterocycles. The van der Waals surface area contributed by atoms with Gasteiger partial charge in [0.05, 0.1) is 0 Å². The first-order valence-electron chi connectivity index (χ1n) is 21.3. The Labute approximate surface area is 331 Å². The number of hydrogen-bond acceptors (Lipinski definition) is 0. The molecule has 4 aromatic carbocycles. The predicted molar refractivity (Wildman–Crippen MR) is 246 cm³/mol. The molecule has 0 amide bonds. The van der Waals surface area contributed by atoms with E-state index in [1.807, 2.05) is 0 Å². The zero-order valence-corrected chi connectivity index (χ0v) is 41.5. The molecule has 2 aliphatic carbocycles. The molecule has 294 valence electrons. The Kier molecular flexibility index (Phi) is 8.98. The van der Waals surface area contributed by atoms with Gasteiger partial charge in [0.25, 0.3) is 0 Å². The maximum atomic E-state index is 5.85. The molecule has 2 aliphatic rings. The van der Waals surface area contributed by atoms with Crippen LogP contribution in [0.25, 0.3) is 34.4 Å². The maximum absolute atomic E-state index is 5.85. The average molecular weight is 902 g/mol. The summed E-state index contributed by atoms with van der Waals surface area (Å²) < 4.78 is 15.7. The third-order valence-electron chi connectivity index (χ3n) is 14.3. The van der Waals surface area contributed by atoms with Crippen molar-refractivity contribution >= 4 is 16.4 Å². The van der Waals surface area contributed by atoms with Gasteiger partial charge in [-0.2, -0.15) is 0 Å². The number of hydrogen-bond donors (Lipinski definition) is 0. The van der Waals surface area contributed by atoms with E-state index in [9.17, 15) is 0 Å². The Hall–Kier alpha value is -2.90. The molecule has 6 rings (SSSR count). The molecule has 2 unspecified atom stereocenters. The molecule has 0 N–H and O–H groups in total. The second-order valence-corrected chi connectivity index (χ2v) is 79.3. The third-order valence-corrected chi connectivity index (χ3v) is 50.3. The summed E-state index contributed by atoms with van der Waals surface area (Å²) in [6, 6.07) is 29.0. The van der Waals surface area contributed by atoms with Gasteiger partial charge in [-0.05, 0) is 0 Å². The van der Waals surface area contributed by atoms with E-state index in [0.717, 1.165) is 4.18 Å². The molecular formula is C54H74Hf. The van der Waals surface area contributed by atoms with Gasteiger partial charge in [0.15, 0.2) is 0 Å². The number of fused-ring (bicyclic) bond motifs is 2. The van der Waals surface area contributed by atoms with E-state index >= 15 is 0 Å². The molecule has 0 heterocycles. The van der Waals surface area contributed by atoms with E-state index < -0.39 is 15.1 Å². The van der Waals surface area contributed by atoms with E-state index in [2.05, 4.69) is 208 Å². The van der Waals surface area contributed by atoms with Gasteiger partial charge in [-0.15, -0.1) is 0 Å². The summed E-state index contributed by atoms with van der Waals surface area (Å²) in [5, 5.41) is 0. The molecule has 0 spiro atoms. The summed E-state index contributed by atoms with van der Waals surface area (Å²) in [4.78, 5) is 0. The first kappa shape index (κ1) is 41.7. The Morgan fingerprint density at radius 2 is 0.818 bits per heavy atom. The molecule has 0 saturated heterocycles. The standard InChI is InChI=1S/2C23H27.C4H9.3CH3.CH2.Hf/c2*1-22(2,3)18-13-17(14-19(15-18)23(4,5)6)21-12-8-10-16-9-7-11-20(16)21;1-4(2)3;;;;;/h2*7-15H,1-6H3;4H,1H2,2-3H3;3*1H3;1H2;. The Morgan fingerprint density at radius 3 is 1.09 bits per heavy atom. The summed E-state index contributed by atoms with van der Waals surface area (Å²) >= 11 is -5.42. The monoisotopic (exact) mass is 903 g/mol. The molecular weight excluding hydrogens is 827 g/mol. The second-order valence-electron chi connectivity index (χ2n) is 26.1. The summed E-state index contributed by atoms with van der Waals surface area (Å²) in [6.45, 7) is 32.9. The average Bonchev–Trinajstić information content (AvgIpc) is 3.69. The van der Waals surface area contributed by atoms with Crippen molar-refractivity contribution in [2.75, 3.05) is 0 Å². The van der Waals surface area contributed by atoms with Crippen molar-refractivity contribution in [2.24, 2.45) is 5.92 Å². The molecule has 1 heteroatoms. The van der Waals surface area contributed by atoms with E-state index in [0.29, 0.717) is 5.92 Å². The van der Waals surface area contributed by atoms with E-state index in [1.165, 1.54) is 66.8 Å². The number of rotatable bonds is 6. The summed E-state index contributed by atoms with van der Waals surface area (Å²) in [5.74, 6) is 0.500. The first-order chi connectivity index (χ1) is 24.8. The van der Waals surface area contributed by atoms with Crippen LogP contribution in [0.2, 0.25) is 18.2 Å². The first-order valence-corrected chi connectivity index (χ1v) is 41.3. The van der Waals surface area contributed by atoms with Gasteiger partial charge in [-0.1, -0.05) is 0 Å². The second kappa shape index (κ2) is 11.8. The van der Waals surface area contributed by atoms with Crippen LogP contribution >= 0.6 is 0 Å². The Bertz CT molecular complexity index is 2170. The number of allylic oxidation sites excluding steroid dienone is 2. The molecule has 0 radical (unpaired) electrons. The topological polar surface area (TPSA) is 0 Å². The predicted octanol–water partition coefficient (Wildman–Crippen LogP) is 16.5. The van der Waals surface area contributed by atoms with Gasteiger partial charge >= 0.3 is 333 Å². The van der Waals surface area contributed by atoms with Gasteiger partial charge in [0, 0.05) is 0 Å². The molecule has 0 bridgehead atoms. The zero-order valence-electron chi connectivity index (χ0n) is 37.9. The van der Waals surface area contributed by atoms with Crippen LogP contribution < -0.4 is 0 Å². The minimum absolute atomic E-state index is 0.0554. The van der Waals surface area contributed by atoms with Gasteiger partial charge < -0.3 is 0 Å². The van der Waals surface area contributed by atoms with Gasteiger partial charge in [-0.3, -0.25) is 0 Å². The molecule has 55 heavy (non-hydrogen) atoms. The minimum atomic E-state index is -5.42. The number of benzene rings is 4. The van der Waals surface area contributed by atoms with Crippen LogP contribution in [0, 0.1) is 5.92 Å². The van der Waals surface area contributed by atoms with Crippen LogP contribution in [0.5, 0.6) is 0 Å². The fourth-order valence-electron chi connectivity index (χ4n) is 11.4. The van der Waals surface area contributed by atoms with Crippen molar-refractivity contribution in [3.05, 3.63) is 129 Å². The fourth-order valence-corrected chi connectivity index (χ4v) is 49.5. The molecule has 0 aliphatic heterocycles. The van der Waals surface area contributed by atoms with Crippen LogP contribution in [0.4, 0.5) is 0 Å².